The van der Waals surface area contributed by atoms with Gasteiger partial charge in [0.1, 0.15) is 0 Å². The predicted molar refractivity (Wildman–Crippen MR) is 69.5 cm³/mol. The lowest BCUT2D eigenvalue weighted by atomic mass is 10.2. The van der Waals surface area contributed by atoms with Gasteiger partial charge in [0.05, 0.1) is 25.5 Å². The minimum absolute atomic E-state index is 0.0631. The Morgan fingerprint density at radius 1 is 1.25 bits per heavy atom. The number of carbonyl (C=O) groups is 2. The number of hydrogen-bond donors (Lipinski definition) is 0. The normalized spacial score (nSPS) is 10.3. The Labute approximate surface area is 116 Å². The first-order valence-electron chi connectivity index (χ1n) is 6.48. The molecule has 0 atom stereocenters. The number of rotatable bonds is 7. The number of nitrogens with zero attached hydrogens (tertiary/aromatic N) is 1. The summed E-state index contributed by atoms with van der Waals surface area (Å²) >= 11 is 0. The highest BCUT2D eigenvalue weighted by atomic mass is 16.5. The Hall–Kier alpha value is -2.05. The molecular formula is C13H19NO6. The van der Waals surface area contributed by atoms with Crippen molar-refractivity contribution < 1.29 is 23.6 Å². The molecule has 7 nitrogen and oxygen atoms in total. The van der Waals surface area contributed by atoms with Gasteiger partial charge in [-0.05, 0) is 26.7 Å². The lowest BCUT2D eigenvalue weighted by Crippen LogP contribution is -2.14. The van der Waals surface area contributed by atoms with Gasteiger partial charge in [0.2, 0.25) is 0 Å². The molecule has 1 heterocycles. The van der Waals surface area contributed by atoms with Crippen LogP contribution in [0.2, 0.25) is 0 Å². The van der Waals surface area contributed by atoms with Crippen LogP contribution >= 0.6 is 0 Å². The van der Waals surface area contributed by atoms with E-state index in [9.17, 15) is 14.4 Å². The predicted octanol–water partition coefficient (Wildman–Crippen LogP) is 1.27. The van der Waals surface area contributed by atoms with Gasteiger partial charge in [0.15, 0.2) is 5.56 Å². The van der Waals surface area contributed by atoms with Crippen LogP contribution in [0.5, 0.6) is 0 Å². The fourth-order valence-electron chi connectivity index (χ4n) is 1.71. The average molecular weight is 285 g/mol. The van der Waals surface area contributed by atoms with Crippen LogP contribution in [0.4, 0.5) is 0 Å². The molecule has 0 saturated heterocycles. The van der Waals surface area contributed by atoms with Gasteiger partial charge in [-0.2, -0.15) is 0 Å². The third-order valence-electron chi connectivity index (χ3n) is 2.67. The van der Waals surface area contributed by atoms with E-state index in [1.54, 1.807) is 13.8 Å². The van der Waals surface area contributed by atoms with Crippen LogP contribution < -0.4 is 5.63 Å². The topological polar surface area (TPSA) is 87.7 Å². The van der Waals surface area contributed by atoms with Gasteiger partial charge in [0.25, 0.3) is 0 Å². The molecular weight excluding hydrogens is 266 g/mol. The quantitative estimate of drug-likeness (QED) is 0.553. The van der Waals surface area contributed by atoms with E-state index in [-0.39, 0.29) is 18.1 Å². The minimum Gasteiger partial charge on any atom is -0.466 e. The number of carbonyl (C=O) groups excluding carboxylic acids is 2. The van der Waals surface area contributed by atoms with Crippen LogP contribution in [0.1, 0.15) is 42.7 Å². The van der Waals surface area contributed by atoms with Crippen molar-refractivity contribution in [1.82, 2.24) is 4.74 Å². The number of esters is 2. The molecule has 0 aliphatic heterocycles. The number of aromatic nitrogens is 1. The van der Waals surface area contributed by atoms with E-state index in [0.29, 0.717) is 31.7 Å². The highest BCUT2D eigenvalue weighted by Crippen LogP contribution is 2.08. The van der Waals surface area contributed by atoms with Crippen molar-refractivity contribution in [3.8, 4) is 0 Å². The molecule has 0 spiro atoms. The van der Waals surface area contributed by atoms with E-state index < -0.39 is 11.6 Å². The molecule has 0 aliphatic rings. The van der Waals surface area contributed by atoms with Crippen LogP contribution in [0, 0.1) is 6.92 Å². The molecule has 0 bridgehead atoms. The highest BCUT2D eigenvalue weighted by Gasteiger charge is 2.21. The fourth-order valence-corrected chi connectivity index (χ4v) is 1.71. The van der Waals surface area contributed by atoms with Gasteiger partial charge in [-0.1, -0.05) is 0 Å². The minimum atomic E-state index is -0.694. The third kappa shape index (κ3) is 4.25. The monoisotopic (exact) mass is 285 g/mol. The summed E-state index contributed by atoms with van der Waals surface area (Å²) in [5.41, 5.74) is -0.311. The van der Waals surface area contributed by atoms with Gasteiger partial charge in [0, 0.05) is 6.92 Å². The van der Waals surface area contributed by atoms with Crippen LogP contribution in [-0.4, -0.2) is 29.9 Å². The highest BCUT2D eigenvalue weighted by molar-refractivity contribution is 5.89. The number of aryl methyl sites for hydroxylation is 1. The van der Waals surface area contributed by atoms with Crippen LogP contribution in [0.25, 0.3) is 0 Å². The first kappa shape index (κ1) is 16.0. The summed E-state index contributed by atoms with van der Waals surface area (Å²) < 4.78 is 16.0. The standard InChI is InChI=1S/C13H19NO6/c1-4-18-12(16)11-9(2)14(20-13(11)17)7-5-6-8-19-10(3)15/h4-8H2,1-3H3. The Balaban J connectivity index is 2.60. The summed E-state index contributed by atoms with van der Waals surface area (Å²) in [6, 6.07) is 0. The van der Waals surface area contributed by atoms with Crippen molar-refractivity contribution in [1.29, 1.82) is 0 Å². The Kier molecular flexibility index (Phi) is 6.02. The lowest BCUT2D eigenvalue weighted by molar-refractivity contribution is -0.141. The molecule has 0 N–H and O–H groups in total. The van der Waals surface area contributed by atoms with Crippen molar-refractivity contribution in [3.63, 3.8) is 0 Å². The second-order valence-electron chi connectivity index (χ2n) is 4.21. The maximum absolute atomic E-state index is 11.6. The average Bonchev–Trinajstić information content (AvgIpc) is 2.64. The SMILES string of the molecule is CCOC(=O)c1c(C)n(CCCCOC(C)=O)oc1=O. The first-order chi connectivity index (χ1) is 9.47. The summed E-state index contributed by atoms with van der Waals surface area (Å²) in [5, 5.41) is 0. The molecule has 20 heavy (non-hydrogen) atoms. The smallest absolute Gasteiger partial charge is 0.372 e. The Bertz CT molecular complexity index is 527. The van der Waals surface area contributed by atoms with Crippen molar-refractivity contribution >= 4 is 11.9 Å². The summed E-state index contributed by atoms with van der Waals surface area (Å²) in [6.07, 6.45) is 1.31. The van der Waals surface area contributed by atoms with Gasteiger partial charge >= 0.3 is 17.6 Å². The molecule has 112 valence electrons. The van der Waals surface area contributed by atoms with E-state index >= 15 is 0 Å². The van der Waals surface area contributed by atoms with Crippen molar-refractivity contribution in [2.75, 3.05) is 13.2 Å². The molecule has 1 aromatic rings. The zero-order valence-electron chi connectivity index (χ0n) is 11.9. The molecule has 1 aromatic heterocycles. The zero-order chi connectivity index (χ0) is 15.1. The molecule has 0 aliphatic carbocycles. The van der Waals surface area contributed by atoms with E-state index in [2.05, 4.69) is 0 Å². The fraction of sp³-hybridized carbons (Fsp3) is 0.615. The van der Waals surface area contributed by atoms with Crippen molar-refractivity contribution in [3.05, 3.63) is 21.7 Å². The second-order valence-corrected chi connectivity index (χ2v) is 4.21. The molecule has 0 aromatic carbocycles. The lowest BCUT2D eigenvalue weighted by Gasteiger charge is -2.04. The summed E-state index contributed by atoms with van der Waals surface area (Å²) in [7, 11) is 0. The van der Waals surface area contributed by atoms with Crippen molar-refractivity contribution in [2.45, 2.75) is 40.2 Å². The molecule has 0 saturated carbocycles. The zero-order valence-corrected chi connectivity index (χ0v) is 11.9. The van der Waals surface area contributed by atoms with Crippen molar-refractivity contribution in [2.24, 2.45) is 0 Å². The molecule has 0 unspecified atom stereocenters. The van der Waals surface area contributed by atoms with E-state index in [1.807, 2.05) is 0 Å². The van der Waals surface area contributed by atoms with Crippen LogP contribution in [-0.2, 0) is 20.8 Å². The van der Waals surface area contributed by atoms with Gasteiger partial charge < -0.3 is 14.0 Å². The Morgan fingerprint density at radius 2 is 1.95 bits per heavy atom. The van der Waals surface area contributed by atoms with E-state index in [0.717, 1.165) is 0 Å². The van der Waals surface area contributed by atoms with Crippen LogP contribution in [0.3, 0.4) is 0 Å². The first-order valence-corrected chi connectivity index (χ1v) is 6.48. The molecule has 7 heteroatoms. The van der Waals surface area contributed by atoms with Crippen LogP contribution in [0.15, 0.2) is 9.32 Å². The van der Waals surface area contributed by atoms with Gasteiger partial charge in [-0.15, -0.1) is 0 Å². The van der Waals surface area contributed by atoms with E-state index in [1.165, 1.54) is 11.7 Å². The maximum Gasteiger partial charge on any atom is 0.372 e. The van der Waals surface area contributed by atoms with E-state index in [4.69, 9.17) is 14.0 Å². The Morgan fingerprint density at radius 3 is 2.55 bits per heavy atom. The number of ether oxygens (including phenoxy) is 2. The maximum atomic E-state index is 11.6. The largest absolute Gasteiger partial charge is 0.466 e. The molecule has 0 radical (unpaired) electrons. The third-order valence-corrected chi connectivity index (χ3v) is 2.67. The number of unbranched alkanes of at least 4 members (excludes halogenated alkanes) is 1. The summed E-state index contributed by atoms with van der Waals surface area (Å²) in [4.78, 5) is 33.8. The molecule has 1 rings (SSSR count). The summed E-state index contributed by atoms with van der Waals surface area (Å²) in [5.74, 6) is -0.990. The molecule has 0 amide bonds. The summed E-state index contributed by atoms with van der Waals surface area (Å²) in [6.45, 7) is 5.60. The van der Waals surface area contributed by atoms with Gasteiger partial charge in [-0.3, -0.25) is 4.79 Å². The molecule has 0 fully saturated rings. The number of hydrogen-bond acceptors (Lipinski definition) is 6. The second kappa shape index (κ2) is 7.52. The van der Waals surface area contributed by atoms with Gasteiger partial charge in [-0.25, -0.2) is 14.3 Å².